The van der Waals surface area contributed by atoms with Crippen LogP contribution in [0.4, 0.5) is 13.2 Å². The van der Waals surface area contributed by atoms with Crippen molar-refractivity contribution in [1.29, 1.82) is 0 Å². The number of benzene rings is 1. The van der Waals surface area contributed by atoms with Gasteiger partial charge in [0.1, 0.15) is 6.54 Å². The molecule has 128 valence electrons. The van der Waals surface area contributed by atoms with E-state index >= 15 is 0 Å². The number of hydrogen-bond acceptors (Lipinski definition) is 3. The molecule has 0 atom stereocenters. The van der Waals surface area contributed by atoms with Gasteiger partial charge in [-0.3, -0.25) is 4.79 Å². The molecule has 1 aromatic carbocycles. The first-order chi connectivity index (χ1) is 11.3. The van der Waals surface area contributed by atoms with Gasteiger partial charge in [0.05, 0.1) is 5.56 Å². The summed E-state index contributed by atoms with van der Waals surface area (Å²) in [6.45, 7) is -2.15. The monoisotopic (exact) mass is 340 g/mol. The zero-order valence-corrected chi connectivity index (χ0v) is 12.8. The number of ether oxygens (including phenoxy) is 1. The molecule has 8 heteroatoms. The molecule has 5 nitrogen and oxygen atoms in total. The van der Waals surface area contributed by atoms with Crippen molar-refractivity contribution in [2.45, 2.75) is 6.18 Å². The molecule has 2 aromatic rings. The lowest BCUT2D eigenvalue weighted by atomic mass is 10.2. The summed E-state index contributed by atoms with van der Waals surface area (Å²) in [5, 5.41) is 0. The van der Waals surface area contributed by atoms with Crippen LogP contribution in [0.15, 0.2) is 48.8 Å². The van der Waals surface area contributed by atoms with Gasteiger partial charge >= 0.3 is 12.1 Å². The molecule has 0 aliphatic heterocycles. The number of aromatic nitrogens is 1. The molecule has 1 amide bonds. The maximum atomic E-state index is 12.2. The van der Waals surface area contributed by atoms with Gasteiger partial charge in [-0.1, -0.05) is 6.07 Å². The van der Waals surface area contributed by atoms with Crippen molar-refractivity contribution in [2.75, 3.05) is 20.2 Å². The second kappa shape index (κ2) is 7.20. The lowest BCUT2D eigenvalue weighted by molar-refractivity contribution is -0.160. The smallest absolute Gasteiger partial charge is 0.406 e. The summed E-state index contributed by atoms with van der Waals surface area (Å²) >= 11 is 0. The van der Waals surface area contributed by atoms with E-state index in [4.69, 9.17) is 4.74 Å². The van der Waals surface area contributed by atoms with Crippen LogP contribution in [0.1, 0.15) is 10.4 Å². The third-order valence-corrected chi connectivity index (χ3v) is 3.15. The van der Waals surface area contributed by atoms with E-state index in [2.05, 4.69) is 0 Å². The van der Waals surface area contributed by atoms with E-state index < -0.39 is 31.2 Å². The molecule has 0 fully saturated rings. The topological polar surface area (TPSA) is 51.5 Å². The summed E-state index contributed by atoms with van der Waals surface area (Å²) in [6.07, 6.45) is -0.917. The molecule has 0 spiro atoms. The second-order valence-corrected chi connectivity index (χ2v) is 5.08. The zero-order valence-electron chi connectivity index (χ0n) is 12.8. The van der Waals surface area contributed by atoms with Crippen molar-refractivity contribution >= 4 is 11.9 Å². The molecular weight excluding hydrogens is 325 g/mol. The summed E-state index contributed by atoms with van der Waals surface area (Å²) in [6, 6.07) is 10.1. The van der Waals surface area contributed by atoms with Crippen LogP contribution in [-0.4, -0.2) is 47.7 Å². The van der Waals surface area contributed by atoms with E-state index in [0.717, 1.165) is 12.7 Å². The summed E-state index contributed by atoms with van der Waals surface area (Å²) in [5.74, 6) is -1.71. The average molecular weight is 340 g/mol. The number of carbonyl (C=O) groups excluding carboxylic acids is 2. The third-order valence-electron chi connectivity index (χ3n) is 3.15. The molecule has 1 aromatic heterocycles. The Morgan fingerprint density at radius 3 is 2.46 bits per heavy atom. The Morgan fingerprint density at radius 1 is 1.17 bits per heavy atom. The van der Waals surface area contributed by atoms with Crippen LogP contribution in [-0.2, 0) is 9.53 Å². The van der Waals surface area contributed by atoms with Crippen LogP contribution in [0, 0.1) is 0 Å². The summed E-state index contributed by atoms with van der Waals surface area (Å²) in [4.78, 5) is 24.0. The van der Waals surface area contributed by atoms with Gasteiger partial charge in [0, 0.05) is 25.1 Å². The predicted octanol–water partition coefficient (Wildman–Crippen LogP) is 2.65. The SMILES string of the molecule is CN(CC(F)(F)F)C(=O)COC(=O)c1cccc(-n2cccc2)c1. The first kappa shape index (κ1) is 17.6. The largest absolute Gasteiger partial charge is 0.452 e. The van der Waals surface area contributed by atoms with Crippen molar-refractivity contribution in [3.8, 4) is 5.69 Å². The number of likely N-dealkylation sites (N-methyl/N-ethyl adjacent to an activating group) is 1. The third kappa shape index (κ3) is 4.87. The maximum absolute atomic E-state index is 12.2. The molecule has 0 bridgehead atoms. The summed E-state index contributed by atoms with van der Waals surface area (Å²) < 4.78 is 43.2. The zero-order chi connectivity index (χ0) is 17.7. The van der Waals surface area contributed by atoms with E-state index in [1.165, 1.54) is 6.07 Å². The Bertz CT molecular complexity index is 712. The fourth-order valence-electron chi connectivity index (χ4n) is 1.98. The maximum Gasteiger partial charge on any atom is 0.406 e. The first-order valence-electron chi connectivity index (χ1n) is 6.97. The van der Waals surface area contributed by atoms with Gasteiger partial charge in [-0.05, 0) is 30.3 Å². The van der Waals surface area contributed by atoms with Gasteiger partial charge in [-0.2, -0.15) is 13.2 Å². The van der Waals surface area contributed by atoms with Gasteiger partial charge in [-0.25, -0.2) is 4.79 Å². The van der Waals surface area contributed by atoms with E-state index in [0.29, 0.717) is 4.90 Å². The standard InChI is InChI=1S/C16H15F3N2O3/c1-20(11-16(17,18)19)14(22)10-24-15(23)12-5-4-6-13(9-12)21-7-2-3-8-21/h2-9H,10-11H2,1H3. The van der Waals surface area contributed by atoms with Crippen molar-refractivity contribution in [3.63, 3.8) is 0 Å². The van der Waals surface area contributed by atoms with Crippen molar-refractivity contribution in [1.82, 2.24) is 9.47 Å². The Labute approximate surface area is 136 Å². The van der Waals surface area contributed by atoms with E-state index in [1.807, 2.05) is 12.1 Å². The van der Waals surface area contributed by atoms with Crippen LogP contribution in [0.25, 0.3) is 5.69 Å². The van der Waals surface area contributed by atoms with Crippen molar-refractivity contribution < 1.29 is 27.5 Å². The predicted molar refractivity (Wildman–Crippen MR) is 79.7 cm³/mol. The molecule has 0 unspecified atom stereocenters. The molecular formula is C16H15F3N2O3. The summed E-state index contributed by atoms with van der Waals surface area (Å²) in [7, 11) is 0.996. The van der Waals surface area contributed by atoms with Crippen molar-refractivity contribution in [2.24, 2.45) is 0 Å². The fourth-order valence-corrected chi connectivity index (χ4v) is 1.98. The molecule has 2 rings (SSSR count). The van der Waals surface area contributed by atoms with Crippen LogP contribution in [0.2, 0.25) is 0 Å². The van der Waals surface area contributed by atoms with E-state index in [1.54, 1.807) is 35.2 Å². The van der Waals surface area contributed by atoms with Crippen LogP contribution >= 0.6 is 0 Å². The molecule has 0 aliphatic rings. The molecule has 0 aliphatic carbocycles. The highest BCUT2D eigenvalue weighted by Crippen LogP contribution is 2.16. The van der Waals surface area contributed by atoms with Crippen LogP contribution in [0.3, 0.4) is 0 Å². The minimum absolute atomic E-state index is 0.201. The quantitative estimate of drug-likeness (QED) is 0.787. The minimum Gasteiger partial charge on any atom is -0.452 e. The first-order valence-corrected chi connectivity index (χ1v) is 6.97. The van der Waals surface area contributed by atoms with E-state index in [-0.39, 0.29) is 5.56 Å². The number of alkyl halides is 3. The highest BCUT2D eigenvalue weighted by atomic mass is 19.4. The highest BCUT2D eigenvalue weighted by Gasteiger charge is 2.31. The number of amides is 1. The normalized spacial score (nSPS) is 11.2. The van der Waals surface area contributed by atoms with E-state index in [9.17, 15) is 22.8 Å². The number of hydrogen-bond donors (Lipinski definition) is 0. The number of esters is 1. The van der Waals surface area contributed by atoms with Gasteiger partial charge in [0.15, 0.2) is 6.61 Å². The molecule has 0 saturated carbocycles. The molecule has 0 N–H and O–H groups in total. The molecule has 24 heavy (non-hydrogen) atoms. The fraction of sp³-hybridized carbons (Fsp3) is 0.250. The average Bonchev–Trinajstić information content (AvgIpc) is 3.05. The molecule has 1 heterocycles. The number of halogens is 3. The van der Waals surface area contributed by atoms with Crippen LogP contribution < -0.4 is 0 Å². The molecule has 0 radical (unpaired) electrons. The minimum atomic E-state index is -4.50. The lowest BCUT2D eigenvalue weighted by Gasteiger charge is -2.18. The van der Waals surface area contributed by atoms with Gasteiger partial charge in [0.2, 0.25) is 0 Å². The van der Waals surface area contributed by atoms with Crippen LogP contribution in [0.5, 0.6) is 0 Å². The Kier molecular flexibility index (Phi) is 5.28. The number of nitrogens with zero attached hydrogens (tertiary/aromatic N) is 2. The Hall–Kier alpha value is -2.77. The molecule has 0 saturated heterocycles. The summed E-state index contributed by atoms with van der Waals surface area (Å²) in [5.41, 5.74) is 0.919. The van der Waals surface area contributed by atoms with Gasteiger partial charge in [-0.15, -0.1) is 0 Å². The van der Waals surface area contributed by atoms with Gasteiger partial charge < -0.3 is 14.2 Å². The second-order valence-electron chi connectivity index (χ2n) is 5.08. The number of carbonyl (C=O) groups is 2. The van der Waals surface area contributed by atoms with Gasteiger partial charge in [0.25, 0.3) is 5.91 Å². The lowest BCUT2D eigenvalue weighted by Crippen LogP contribution is -2.38. The Balaban J connectivity index is 1.96. The highest BCUT2D eigenvalue weighted by molar-refractivity contribution is 5.91. The van der Waals surface area contributed by atoms with Crippen molar-refractivity contribution in [3.05, 3.63) is 54.4 Å². The number of rotatable bonds is 5. The Morgan fingerprint density at radius 2 is 1.83 bits per heavy atom.